The van der Waals surface area contributed by atoms with Gasteiger partial charge in [-0.2, -0.15) is 0 Å². The Bertz CT molecular complexity index is 225. The number of carbonyl (C=O) groups is 2. The minimum absolute atomic E-state index is 0.0156. The number of carbonyl (C=O) groups excluding carboxylic acids is 2. The molecule has 0 aliphatic carbocycles. The monoisotopic (exact) mass is 168 g/mol. The van der Waals surface area contributed by atoms with E-state index in [0.29, 0.717) is 13.0 Å². The fourth-order valence-electron chi connectivity index (χ4n) is 1.09. The molecule has 12 heavy (non-hydrogen) atoms. The van der Waals surface area contributed by atoms with Crippen LogP contribution in [-0.2, 0) is 4.79 Å². The number of nitrogens with zero attached hydrogens (tertiary/aromatic N) is 1. The maximum atomic E-state index is 11.2. The van der Waals surface area contributed by atoms with Crippen molar-refractivity contribution in [2.75, 3.05) is 6.54 Å². The quantitative estimate of drug-likeness (QED) is 0.610. The van der Waals surface area contributed by atoms with Crippen LogP contribution in [0.2, 0.25) is 0 Å². The van der Waals surface area contributed by atoms with E-state index in [1.54, 1.807) is 11.0 Å². The zero-order valence-electron chi connectivity index (χ0n) is 7.04. The molecule has 0 saturated carbocycles. The summed E-state index contributed by atoms with van der Waals surface area (Å²) in [5.74, 6) is -0.201. The average molecular weight is 168 g/mol. The predicted molar refractivity (Wildman–Crippen MR) is 44.5 cm³/mol. The third kappa shape index (κ3) is 1.64. The Morgan fingerprint density at radius 3 is 2.83 bits per heavy atom. The summed E-state index contributed by atoms with van der Waals surface area (Å²) in [6.45, 7) is 5.93. The van der Waals surface area contributed by atoms with Crippen LogP contribution in [0.25, 0.3) is 0 Å². The van der Waals surface area contributed by atoms with Crippen LogP contribution in [0.5, 0.6) is 0 Å². The first-order valence-electron chi connectivity index (χ1n) is 3.88. The van der Waals surface area contributed by atoms with Crippen LogP contribution in [-0.4, -0.2) is 29.4 Å². The van der Waals surface area contributed by atoms with Gasteiger partial charge in [0, 0.05) is 19.0 Å². The van der Waals surface area contributed by atoms with Crippen molar-refractivity contribution in [3.05, 3.63) is 12.7 Å². The average Bonchev–Trinajstić information content (AvgIpc) is 2.03. The lowest BCUT2D eigenvalue weighted by Gasteiger charge is -2.30. The predicted octanol–water partition coefficient (Wildman–Crippen LogP) is 0.503. The van der Waals surface area contributed by atoms with Gasteiger partial charge in [0.1, 0.15) is 0 Å². The molecule has 0 radical (unpaired) electrons. The number of nitrogens with one attached hydrogen (secondary N) is 1. The zero-order valence-corrected chi connectivity index (χ0v) is 7.04. The summed E-state index contributed by atoms with van der Waals surface area (Å²) in [5, 5.41) is 2.24. The highest BCUT2D eigenvalue weighted by Crippen LogP contribution is 2.06. The molecule has 0 spiro atoms. The Balaban J connectivity index is 2.62. The first kappa shape index (κ1) is 8.77. The maximum Gasteiger partial charge on any atom is 0.324 e. The Labute approximate surface area is 71.2 Å². The SMILES string of the molecule is C=CC(C)N1CCC(=O)NC1=O. The topological polar surface area (TPSA) is 49.4 Å². The van der Waals surface area contributed by atoms with Crippen LogP contribution in [0.3, 0.4) is 0 Å². The smallest absolute Gasteiger partial charge is 0.318 e. The molecule has 1 fully saturated rings. The highest BCUT2D eigenvalue weighted by Gasteiger charge is 2.24. The van der Waals surface area contributed by atoms with Crippen molar-refractivity contribution in [2.24, 2.45) is 0 Å². The zero-order chi connectivity index (χ0) is 9.14. The van der Waals surface area contributed by atoms with Crippen molar-refractivity contribution in [3.8, 4) is 0 Å². The van der Waals surface area contributed by atoms with E-state index in [1.165, 1.54) is 0 Å². The number of hydrogen-bond acceptors (Lipinski definition) is 2. The van der Waals surface area contributed by atoms with Crippen LogP contribution in [0.15, 0.2) is 12.7 Å². The number of imide groups is 1. The molecular weight excluding hydrogens is 156 g/mol. The lowest BCUT2D eigenvalue weighted by Crippen LogP contribution is -2.52. The standard InChI is InChI=1S/C8H12N2O2/c1-3-6(2)10-5-4-7(11)9-8(10)12/h3,6H,1,4-5H2,2H3,(H,9,11,12). The van der Waals surface area contributed by atoms with Gasteiger partial charge in [-0.05, 0) is 6.92 Å². The van der Waals surface area contributed by atoms with Crippen LogP contribution in [0, 0.1) is 0 Å². The summed E-state index contributed by atoms with van der Waals surface area (Å²) >= 11 is 0. The Morgan fingerprint density at radius 1 is 1.67 bits per heavy atom. The van der Waals surface area contributed by atoms with E-state index in [-0.39, 0.29) is 18.0 Å². The molecule has 3 amide bonds. The van der Waals surface area contributed by atoms with Gasteiger partial charge in [0.2, 0.25) is 5.91 Å². The molecule has 66 valence electrons. The highest BCUT2D eigenvalue weighted by molar-refractivity contribution is 5.96. The second-order valence-electron chi connectivity index (χ2n) is 2.77. The van der Waals surface area contributed by atoms with Gasteiger partial charge in [-0.1, -0.05) is 6.08 Å². The van der Waals surface area contributed by atoms with Crippen LogP contribution in [0.1, 0.15) is 13.3 Å². The van der Waals surface area contributed by atoms with Gasteiger partial charge in [-0.3, -0.25) is 10.1 Å². The molecule has 0 aromatic heterocycles. The molecule has 0 aromatic carbocycles. The third-order valence-corrected chi connectivity index (χ3v) is 1.92. The molecule has 1 unspecified atom stereocenters. The molecule has 0 aromatic rings. The van der Waals surface area contributed by atoms with E-state index >= 15 is 0 Å². The lowest BCUT2D eigenvalue weighted by atomic mass is 10.2. The normalized spacial score (nSPS) is 20.2. The van der Waals surface area contributed by atoms with Gasteiger partial charge < -0.3 is 4.90 Å². The van der Waals surface area contributed by atoms with Crippen molar-refractivity contribution in [1.82, 2.24) is 10.2 Å². The van der Waals surface area contributed by atoms with Gasteiger partial charge in [-0.25, -0.2) is 4.79 Å². The molecule has 1 heterocycles. The Morgan fingerprint density at radius 2 is 2.33 bits per heavy atom. The van der Waals surface area contributed by atoms with Crippen molar-refractivity contribution in [1.29, 1.82) is 0 Å². The van der Waals surface area contributed by atoms with Gasteiger partial charge in [0.25, 0.3) is 0 Å². The van der Waals surface area contributed by atoms with Gasteiger partial charge in [0.05, 0.1) is 0 Å². The summed E-state index contributed by atoms with van der Waals surface area (Å²) in [6.07, 6.45) is 2.05. The van der Waals surface area contributed by atoms with E-state index in [4.69, 9.17) is 0 Å². The van der Waals surface area contributed by atoms with Gasteiger partial charge in [-0.15, -0.1) is 6.58 Å². The number of amides is 3. The molecule has 1 aliphatic heterocycles. The van der Waals surface area contributed by atoms with Crippen LogP contribution < -0.4 is 5.32 Å². The second-order valence-corrected chi connectivity index (χ2v) is 2.77. The van der Waals surface area contributed by atoms with E-state index in [1.807, 2.05) is 6.92 Å². The molecule has 1 aliphatic rings. The largest absolute Gasteiger partial charge is 0.324 e. The highest BCUT2D eigenvalue weighted by atomic mass is 16.2. The summed E-state index contributed by atoms with van der Waals surface area (Å²) < 4.78 is 0. The summed E-state index contributed by atoms with van der Waals surface area (Å²) in [5.41, 5.74) is 0. The first-order valence-corrected chi connectivity index (χ1v) is 3.88. The van der Waals surface area contributed by atoms with Crippen LogP contribution >= 0.6 is 0 Å². The Kier molecular flexibility index (Phi) is 2.47. The molecule has 4 nitrogen and oxygen atoms in total. The number of rotatable bonds is 2. The van der Waals surface area contributed by atoms with E-state index in [9.17, 15) is 9.59 Å². The Hall–Kier alpha value is -1.32. The molecule has 1 N–H and O–H groups in total. The summed E-state index contributed by atoms with van der Waals surface area (Å²) in [6, 6.07) is -0.336. The minimum Gasteiger partial charge on any atom is -0.318 e. The third-order valence-electron chi connectivity index (χ3n) is 1.92. The van der Waals surface area contributed by atoms with Crippen LogP contribution in [0.4, 0.5) is 4.79 Å². The molecule has 1 saturated heterocycles. The summed E-state index contributed by atoms with van der Waals surface area (Å²) in [4.78, 5) is 23.5. The molecule has 4 heteroatoms. The maximum absolute atomic E-state index is 11.2. The lowest BCUT2D eigenvalue weighted by molar-refractivity contribution is -0.121. The van der Waals surface area contributed by atoms with Crippen molar-refractivity contribution < 1.29 is 9.59 Å². The van der Waals surface area contributed by atoms with Gasteiger partial charge in [0.15, 0.2) is 0 Å². The van der Waals surface area contributed by atoms with Crippen molar-refractivity contribution >= 4 is 11.9 Å². The molecule has 0 bridgehead atoms. The van der Waals surface area contributed by atoms with E-state index < -0.39 is 0 Å². The van der Waals surface area contributed by atoms with Crippen molar-refractivity contribution in [2.45, 2.75) is 19.4 Å². The summed E-state index contributed by atoms with van der Waals surface area (Å²) in [7, 11) is 0. The fourth-order valence-corrected chi connectivity index (χ4v) is 1.09. The molecule has 1 rings (SSSR count). The number of urea groups is 1. The van der Waals surface area contributed by atoms with Crippen molar-refractivity contribution in [3.63, 3.8) is 0 Å². The van der Waals surface area contributed by atoms with E-state index in [2.05, 4.69) is 11.9 Å². The second kappa shape index (κ2) is 3.38. The molecular formula is C8H12N2O2. The number of hydrogen-bond donors (Lipinski definition) is 1. The molecule has 1 atom stereocenters. The minimum atomic E-state index is -0.321. The first-order chi connectivity index (χ1) is 5.65. The fraction of sp³-hybridized carbons (Fsp3) is 0.500. The van der Waals surface area contributed by atoms with Gasteiger partial charge >= 0.3 is 6.03 Å². The van der Waals surface area contributed by atoms with E-state index in [0.717, 1.165) is 0 Å².